The molecule has 0 aromatic heterocycles. The Morgan fingerprint density at radius 2 is 2.20 bits per heavy atom. The zero-order valence-electron chi connectivity index (χ0n) is 12.3. The lowest BCUT2D eigenvalue weighted by molar-refractivity contribution is -0.143. The molecule has 7 heteroatoms. The number of rotatable bonds is 9. The van der Waals surface area contributed by atoms with Gasteiger partial charge in [-0.1, -0.05) is 5.11 Å². The van der Waals surface area contributed by atoms with E-state index < -0.39 is 0 Å². The summed E-state index contributed by atoms with van der Waals surface area (Å²) >= 11 is 0. The predicted molar refractivity (Wildman–Crippen MR) is 77.3 cm³/mol. The standard InChI is InChI=1S/C13H25N5O2/c1-2-20-13(19)4-3-7-15-8-11-18-9-5-12(6-10-18)16-17-14/h12,15H,2-11H2,1H3. The van der Waals surface area contributed by atoms with Gasteiger partial charge in [0.2, 0.25) is 0 Å². The largest absolute Gasteiger partial charge is 0.466 e. The Morgan fingerprint density at radius 1 is 1.45 bits per heavy atom. The summed E-state index contributed by atoms with van der Waals surface area (Å²) in [7, 11) is 0. The minimum absolute atomic E-state index is 0.116. The highest BCUT2D eigenvalue weighted by Crippen LogP contribution is 2.12. The van der Waals surface area contributed by atoms with Gasteiger partial charge in [-0.05, 0) is 51.4 Å². The molecule has 0 saturated carbocycles. The number of nitrogens with one attached hydrogen (secondary N) is 1. The number of ether oxygens (including phenoxy) is 1. The van der Waals surface area contributed by atoms with Gasteiger partial charge in [0, 0.05) is 30.5 Å². The van der Waals surface area contributed by atoms with Gasteiger partial charge in [0.15, 0.2) is 0 Å². The molecule has 20 heavy (non-hydrogen) atoms. The molecule has 1 heterocycles. The Kier molecular flexibility index (Phi) is 8.78. The zero-order chi connectivity index (χ0) is 14.6. The lowest BCUT2D eigenvalue weighted by Gasteiger charge is -2.29. The molecule has 0 aromatic carbocycles. The van der Waals surface area contributed by atoms with Crippen LogP contribution in [0.3, 0.4) is 0 Å². The van der Waals surface area contributed by atoms with Gasteiger partial charge >= 0.3 is 5.97 Å². The first-order valence-corrected chi connectivity index (χ1v) is 7.39. The van der Waals surface area contributed by atoms with E-state index in [4.69, 9.17) is 10.3 Å². The van der Waals surface area contributed by atoms with Gasteiger partial charge in [0.05, 0.1) is 6.61 Å². The topological polar surface area (TPSA) is 90.3 Å². The van der Waals surface area contributed by atoms with Crippen LogP contribution < -0.4 is 5.32 Å². The van der Waals surface area contributed by atoms with Crippen LogP contribution in [0.15, 0.2) is 5.11 Å². The first-order valence-electron chi connectivity index (χ1n) is 7.39. The van der Waals surface area contributed by atoms with Crippen LogP contribution in [0.1, 0.15) is 32.6 Å². The maximum absolute atomic E-state index is 11.1. The number of nitrogens with zero attached hydrogens (tertiary/aromatic N) is 4. The minimum atomic E-state index is -0.116. The second-order valence-corrected chi connectivity index (χ2v) is 4.94. The molecule has 1 saturated heterocycles. The number of piperidine rings is 1. The van der Waals surface area contributed by atoms with Crippen LogP contribution in [-0.4, -0.2) is 56.2 Å². The van der Waals surface area contributed by atoms with Gasteiger partial charge in [0.1, 0.15) is 0 Å². The van der Waals surface area contributed by atoms with Crippen molar-refractivity contribution < 1.29 is 9.53 Å². The van der Waals surface area contributed by atoms with Crippen molar-refractivity contribution >= 4 is 5.97 Å². The van der Waals surface area contributed by atoms with Crippen LogP contribution in [0, 0.1) is 0 Å². The summed E-state index contributed by atoms with van der Waals surface area (Å²) in [5.74, 6) is -0.116. The van der Waals surface area contributed by atoms with Gasteiger partial charge < -0.3 is 15.0 Å². The van der Waals surface area contributed by atoms with E-state index in [2.05, 4.69) is 20.2 Å². The third-order valence-electron chi connectivity index (χ3n) is 3.42. The molecule has 0 atom stereocenters. The second-order valence-electron chi connectivity index (χ2n) is 4.94. The van der Waals surface area contributed by atoms with E-state index in [-0.39, 0.29) is 12.0 Å². The molecule has 0 amide bonds. The molecule has 0 radical (unpaired) electrons. The van der Waals surface area contributed by atoms with Crippen molar-refractivity contribution in [1.82, 2.24) is 10.2 Å². The van der Waals surface area contributed by atoms with Crippen LogP contribution in [0.2, 0.25) is 0 Å². The van der Waals surface area contributed by atoms with E-state index in [9.17, 15) is 4.79 Å². The van der Waals surface area contributed by atoms with E-state index in [1.54, 1.807) is 0 Å². The normalized spacial score (nSPS) is 16.6. The van der Waals surface area contributed by atoms with Crippen molar-refractivity contribution in [2.75, 3.05) is 39.3 Å². The number of azide groups is 1. The Bertz CT molecular complexity index is 323. The number of esters is 1. The molecule has 114 valence electrons. The fourth-order valence-corrected chi connectivity index (χ4v) is 2.28. The summed E-state index contributed by atoms with van der Waals surface area (Å²) < 4.78 is 4.86. The number of carbonyl (C=O) groups is 1. The lowest BCUT2D eigenvalue weighted by atomic mass is 10.1. The highest BCUT2D eigenvalue weighted by molar-refractivity contribution is 5.69. The van der Waals surface area contributed by atoms with E-state index in [0.717, 1.165) is 52.0 Å². The zero-order valence-corrected chi connectivity index (χ0v) is 12.3. The molecule has 1 N–H and O–H groups in total. The molecule has 0 aromatic rings. The van der Waals surface area contributed by atoms with Crippen LogP contribution in [0.25, 0.3) is 10.4 Å². The highest BCUT2D eigenvalue weighted by atomic mass is 16.5. The molecule has 1 rings (SSSR count). The molecular weight excluding hydrogens is 258 g/mol. The van der Waals surface area contributed by atoms with Crippen molar-refractivity contribution in [2.45, 2.75) is 38.6 Å². The summed E-state index contributed by atoms with van der Waals surface area (Å²) in [6, 6.07) is 0.175. The Labute approximate surface area is 120 Å². The van der Waals surface area contributed by atoms with E-state index in [1.165, 1.54) is 0 Å². The summed E-state index contributed by atoms with van der Waals surface area (Å²) in [5.41, 5.74) is 8.38. The van der Waals surface area contributed by atoms with Crippen LogP contribution in [0.4, 0.5) is 0 Å². The Balaban J connectivity index is 1.95. The van der Waals surface area contributed by atoms with Gasteiger partial charge in [-0.15, -0.1) is 0 Å². The third-order valence-corrected chi connectivity index (χ3v) is 3.42. The molecule has 1 aliphatic heterocycles. The fraction of sp³-hybridized carbons (Fsp3) is 0.923. The number of hydrogen-bond acceptors (Lipinski definition) is 5. The average molecular weight is 283 g/mol. The maximum atomic E-state index is 11.1. The monoisotopic (exact) mass is 283 g/mol. The molecular formula is C13H25N5O2. The molecule has 0 bridgehead atoms. The maximum Gasteiger partial charge on any atom is 0.305 e. The van der Waals surface area contributed by atoms with Crippen molar-refractivity contribution in [1.29, 1.82) is 0 Å². The van der Waals surface area contributed by atoms with Gasteiger partial charge in [-0.25, -0.2) is 0 Å². The summed E-state index contributed by atoms with van der Waals surface area (Å²) in [6.07, 6.45) is 3.20. The van der Waals surface area contributed by atoms with Crippen molar-refractivity contribution in [3.8, 4) is 0 Å². The molecule has 0 unspecified atom stereocenters. The SMILES string of the molecule is CCOC(=O)CCCNCCN1CCC(N=[N+]=[N-])CC1. The predicted octanol–water partition coefficient (Wildman–Crippen LogP) is 1.69. The number of carbonyl (C=O) groups excluding carboxylic acids is 1. The van der Waals surface area contributed by atoms with Gasteiger partial charge in [-0.3, -0.25) is 4.79 Å². The van der Waals surface area contributed by atoms with Crippen molar-refractivity contribution in [3.63, 3.8) is 0 Å². The molecule has 0 spiro atoms. The molecule has 1 fully saturated rings. The number of likely N-dealkylation sites (tertiary alicyclic amines) is 1. The number of hydrogen-bond donors (Lipinski definition) is 1. The smallest absolute Gasteiger partial charge is 0.305 e. The quantitative estimate of drug-likeness (QED) is 0.229. The highest BCUT2D eigenvalue weighted by Gasteiger charge is 2.17. The summed E-state index contributed by atoms with van der Waals surface area (Å²) in [5, 5.41) is 7.10. The van der Waals surface area contributed by atoms with Gasteiger partial charge in [-0.2, -0.15) is 0 Å². The Morgan fingerprint density at radius 3 is 2.85 bits per heavy atom. The Hall–Kier alpha value is -1.30. The van der Waals surface area contributed by atoms with Crippen molar-refractivity contribution in [2.24, 2.45) is 5.11 Å². The molecule has 0 aliphatic carbocycles. The second kappa shape index (κ2) is 10.5. The first-order chi connectivity index (χ1) is 9.76. The van der Waals surface area contributed by atoms with Crippen LogP contribution in [-0.2, 0) is 9.53 Å². The van der Waals surface area contributed by atoms with E-state index in [0.29, 0.717) is 13.0 Å². The van der Waals surface area contributed by atoms with Crippen LogP contribution in [0.5, 0.6) is 0 Å². The average Bonchev–Trinajstić information content (AvgIpc) is 2.45. The van der Waals surface area contributed by atoms with Crippen LogP contribution >= 0.6 is 0 Å². The lowest BCUT2D eigenvalue weighted by Crippen LogP contribution is -2.39. The summed E-state index contributed by atoms with van der Waals surface area (Å²) in [4.78, 5) is 16.4. The minimum Gasteiger partial charge on any atom is -0.466 e. The van der Waals surface area contributed by atoms with Crippen molar-refractivity contribution in [3.05, 3.63) is 10.4 Å². The summed E-state index contributed by atoms with van der Waals surface area (Å²) in [6.45, 7) is 7.03. The molecule has 7 nitrogen and oxygen atoms in total. The third kappa shape index (κ3) is 7.33. The van der Waals surface area contributed by atoms with E-state index in [1.807, 2.05) is 6.92 Å². The fourth-order valence-electron chi connectivity index (χ4n) is 2.28. The molecule has 1 aliphatic rings. The van der Waals surface area contributed by atoms with Gasteiger partial charge in [0.25, 0.3) is 0 Å². The first kappa shape index (κ1) is 16.8. The van der Waals surface area contributed by atoms with E-state index >= 15 is 0 Å².